The van der Waals surface area contributed by atoms with Gasteiger partial charge in [0, 0.05) is 6.26 Å². The Morgan fingerprint density at radius 2 is 2.00 bits per heavy atom. The van der Waals surface area contributed by atoms with Crippen LogP contribution in [0.2, 0.25) is 0 Å². The molecule has 0 radical (unpaired) electrons. The summed E-state index contributed by atoms with van der Waals surface area (Å²) in [5.41, 5.74) is 1.15. The number of anilines is 1. The fraction of sp³-hybridized carbons (Fsp3) is 0.222. The van der Waals surface area contributed by atoms with Crippen molar-refractivity contribution in [3.05, 3.63) is 23.8 Å². The Labute approximate surface area is 82.9 Å². The van der Waals surface area contributed by atoms with Gasteiger partial charge in [0.05, 0.1) is 10.6 Å². The van der Waals surface area contributed by atoms with Crippen molar-refractivity contribution in [2.24, 2.45) is 0 Å². The Balaban J connectivity index is 3.37. The number of rotatable bonds is 3. The van der Waals surface area contributed by atoms with Gasteiger partial charge in [0.1, 0.15) is 0 Å². The van der Waals surface area contributed by atoms with Crippen LogP contribution in [0, 0.1) is 6.92 Å². The molecule has 0 saturated heterocycles. The van der Waals surface area contributed by atoms with E-state index in [1.807, 2.05) is 0 Å². The zero-order valence-electron chi connectivity index (χ0n) is 7.94. The third-order valence-electron chi connectivity index (χ3n) is 1.75. The SMILES string of the molecule is Cc1ccc(NC=O)c(S(C)(=O)=O)c1. The molecule has 0 atom stereocenters. The third kappa shape index (κ3) is 2.32. The van der Waals surface area contributed by atoms with Crippen molar-refractivity contribution in [2.45, 2.75) is 11.8 Å². The average Bonchev–Trinajstić information content (AvgIpc) is 2.07. The maximum Gasteiger partial charge on any atom is 0.211 e. The van der Waals surface area contributed by atoms with E-state index in [0.717, 1.165) is 11.8 Å². The highest BCUT2D eigenvalue weighted by molar-refractivity contribution is 7.90. The second-order valence-electron chi connectivity index (χ2n) is 3.03. The van der Waals surface area contributed by atoms with E-state index in [1.54, 1.807) is 19.1 Å². The monoisotopic (exact) mass is 213 g/mol. The second kappa shape index (κ2) is 3.79. The van der Waals surface area contributed by atoms with Crippen LogP contribution in [0.4, 0.5) is 5.69 Å². The van der Waals surface area contributed by atoms with E-state index in [9.17, 15) is 13.2 Å². The summed E-state index contributed by atoms with van der Waals surface area (Å²) >= 11 is 0. The minimum absolute atomic E-state index is 0.143. The molecule has 76 valence electrons. The lowest BCUT2D eigenvalue weighted by atomic mass is 10.2. The molecule has 0 bridgehead atoms. The summed E-state index contributed by atoms with van der Waals surface area (Å²) in [6.45, 7) is 1.79. The molecule has 0 aliphatic carbocycles. The zero-order chi connectivity index (χ0) is 10.8. The summed E-state index contributed by atoms with van der Waals surface area (Å²) in [4.78, 5) is 10.4. The van der Waals surface area contributed by atoms with E-state index in [-0.39, 0.29) is 4.90 Å². The van der Waals surface area contributed by atoms with E-state index in [1.165, 1.54) is 6.07 Å². The summed E-state index contributed by atoms with van der Waals surface area (Å²) in [6.07, 6.45) is 1.57. The number of sulfone groups is 1. The lowest BCUT2D eigenvalue weighted by molar-refractivity contribution is -0.105. The molecular formula is C9H11NO3S. The van der Waals surface area contributed by atoms with E-state index in [2.05, 4.69) is 5.32 Å². The van der Waals surface area contributed by atoms with Crippen molar-refractivity contribution in [2.75, 3.05) is 11.6 Å². The maximum atomic E-state index is 11.3. The van der Waals surface area contributed by atoms with Gasteiger partial charge in [-0.2, -0.15) is 0 Å². The highest BCUT2D eigenvalue weighted by Gasteiger charge is 2.12. The molecule has 0 saturated carbocycles. The summed E-state index contributed by atoms with van der Waals surface area (Å²) < 4.78 is 22.6. The Kier molecular flexibility index (Phi) is 2.90. The molecule has 14 heavy (non-hydrogen) atoms. The summed E-state index contributed by atoms with van der Waals surface area (Å²) in [7, 11) is -3.30. The van der Waals surface area contributed by atoms with E-state index in [4.69, 9.17) is 0 Å². The number of carbonyl (C=O) groups is 1. The first-order valence-corrected chi connectivity index (χ1v) is 5.85. The van der Waals surface area contributed by atoms with Crippen LogP contribution in [-0.4, -0.2) is 21.1 Å². The molecule has 0 heterocycles. The highest BCUT2D eigenvalue weighted by Crippen LogP contribution is 2.21. The first kappa shape index (κ1) is 10.7. The number of aryl methyl sites for hydroxylation is 1. The fourth-order valence-electron chi connectivity index (χ4n) is 1.12. The van der Waals surface area contributed by atoms with Crippen LogP contribution in [-0.2, 0) is 14.6 Å². The number of amides is 1. The molecule has 1 aromatic carbocycles. The molecule has 0 aliphatic heterocycles. The Bertz CT molecular complexity index is 451. The van der Waals surface area contributed by atoms with Gasteiger partial charge in [-0.1, -0.05) is 6.07 Å². The molecule has 0 aromatic heterocycles. The van der Waals surface area contributed by atoms with Crippen LogP contribution in [0.25, 0.3) is 0 Å². The normalized spacial score (nSPS) is 11.0. The standard InChI is InChI=1S/C9H11NO3S/c1-7-3-4-8(10-6-11)9(5-7)14(2,12)13/h3-6H,1-2H3,(H,10,11). The minimum atomic E-state index is -3.30. The summed E-state index contributed by atoms with van der Waals surface area (Å²) in [5.74, 6) is 0. The summed E-state index contributed by atoms with van der Waals surface area (Å²) in [6, 6.07) is 4.84. The van der Waals surface area contributed by atoms with Crippen molar-refractivity contribution in [1.29, 1.82) is 0 Å². The Morgan fingerprint density at radius 3 is 2.50 bits per heavy atom. The molecule has 1 N–H and O–H groups in total. The van der Waals surface area contributed by atoms with Crippen LogP contribution >= 0.6 is 0 Å². The topological polar surface area (TPSA) is 63.2 Å². The Hall–Kier alpha value is -1.36. The van der Waals surface area contributed by atoms with Gasteiger partial charge in [-0.05, 0) is 24.6 Å². The van der Waals surface area contributed by atoms with Crippen molar-refractivity contribution < 1.29 is 13.2 Å². The van der Waals surface area contributed by atoms with Gasteiger partial charge in [0.15, 0.2) is 9.84 Å². The largest absolute Gasteiger partial charge is 0.328 e. The predicted molar refractivity (Wildman–Crippen MR) is 54.0 cm³/mol. The molecule has 1 amide bonds. The highest BCUT2D eigenvalue weighted by atomic mass is 32.2. The van der Waals surface area contributed by atoms with Gasteiger partial charge in [-0.25, -0.2) is 8.42 Å². The average molecular weight is 213 g/mol. The third-order valence-corrected chi connectivity index (χ3v) is 2.89. The number of benzene rings is 1. The van der Waals surface area contributed by atoms with Crippen LogP contribution in [0.1, 0.15) is 5.56 Å². The van der Waals surface area contributed by atoms with Gasteiger partial charge in [-0.15, -0.1) is 0 Å². The molecule has 1 rings (SSSR count). The number of hydrogen-bond acceptors (Lipinski definition) is 3. The smallest absolute Gasteiger partial charge is 0.211 e. The van der Waals surface area contributed by atoms with Crippen molar-refractivity contribution in [3.63, 3.8) is 0 Å². The number of hydrogen-bond donors (Lipinski definition) is 1. The number of carbonyl (C=O) groups excluding carboxylic acids is 1. The molecule has 0 fully saturated rings. The molecule has 4 nitrogen and oxygen atoms in total. The maximum absolute atomic E-state index is 11.3. The fourth-order valence-corrected chi connectivity index (χ4v) is 2.05. The second-order valence-corrected chi connectivity index (χ2v) is 5.02. The quantitative estimate of drug-likeness (QED) is 0.761. The molecule has 0 spiro atoms. The molecule has 0 unspecified atom stereocenters. The van der Waals surface area contributed by atoms with Gasteiger partial charge in [0.2, 0.25) is 6.41 Å². The van der Waals surface area contributed by atoms with E-state index in [0.29, 0.717) is 12.1 Å². The Morgan fingerprint density at radius 1 is 1.36 bits per heavy atom. The molecule has 0 aliphatic rings. The molecule has 1 aromatic rings. The van der Waals surface area contributed by atoms with E-state index >= 15 is 0 Å². The zero-order valence-corrected chi connectivity index (χ0v) is 8.76. The molecule has 5 heteroatoms. The van der Waals surface area contributed by atoms with Gasteiger partial charge < -0.3 is 5.32 Å². The van der Waals surface area contributed by atoms with Crippen LogP contribution in [0.3, 0.4) is 0 Å². The van der Waals surface area contributed by atoms with Crippen molar-refractivity contribution in [1.82, 2.24) is 0 Å². The van der Waals surface area contributed by atoms with Crippen LogP contribution in [0.5, 0.6) is 0 Å². The van der Waals surface area contributed by atoms with Crippen LogP contribution < -0.4 is 5.32 Å². The molecular weight excluding hydrogens is 202 g/mol. The van der Waals surface area contributed by atoms with Crippen molar-refractivity contribution in [3.8, 4) is 0 Å². The van der Waals surface area contributed by atoms with Gasteiger partial charge in [-0.3, -0.25) is 4.79 Å². The number of nitrogens with one attached hydrogen (secondary N) is 1. The van der Waals surface area contributed by atoms with Gasteiger partial charge >= 0.3 is 0 Å². The van der Waals surface area contributed by atoms with Gasteiger partial charge in [0.25, 0.3) is 0 Å². The lowest BCUT2D eigenvalue weighted by Crippen LogP contribution is -2.04. The predicted octanol–water partition coefficient (Wildman–Crippen LogP) is 0.967. The van der Waals surface area contributed by atoms with Crippen molar-refractivity contribution >= 4 is 21.9 Å². The summed E-state index contributed by atoms with van der Waals surface area (Å²) in [5, 5.41) is 2.35. The first-order valence-electron chi connectivity index (χ1n) is 3.96. The lowest BCUT2D eigenvalue weighted by Gasteiger charge is -2.06. The van der Waals surface area contributed by atoms with Crippen LogP contribution in [0.15, 0.2) is 23.1 Å². The minimum Gasteiger partial charge on any atom is -0.328 e. The first-order chi connectivity index (χ1) is 6.45. The van der Waals surface area contributed by atoms with E-state index < -0.39 is 9.84 Å².